The van der Waals surface area contributed by atoms with Gasteiger partial charge in [0.1, 0.15) is 11.2 Å². The number of aromatic nitrogens is 1. The molecule has 3 aliphatic rings. The number of benzene rings is 1. The van der Waals surface area contributed by atoms with Crippen molar-refractivity contribution in [2.75, 3.05) is 25.0 Å². The molecule has 4 nitrogen and oxygen atoms in total. The Balaban J connectivity index is 1.66. The minimum Gasteiger partial charge on any atom is -0.362 e. The molecule has 2 aromatic rings. The number of nitrogens with zero attached hydrogens (tertiary/aromatic N) is 2. The van der Waals surface area contributed by atoms with Crippen LogP contribution in [0.25, 0.3) is 11.0 Å². The molecule has 0 radical (unpaired) electrons. The van der Waals surface area contributed by atoms with Crippen LogP contribution in [-0.2, 0) is 0 Å². The fourth-order valence-corrected chi connectivity index (χ4v) is 3.59. The summed E-state index contributed by atoms with van der Waals surface area (Å²) in [7, 11) is 0. The highest BCUT2D eigenvalue weighted by Gasteiger charge is 2.34. The van der Waals surface area contributed by atoms with Gasteiger partial charge in [0.15, 0.2) is 11.4 Å². The summed E-state index contributed by atoms with van der Waals surface area (Å²) in [5.41, 5.74) is 0.388. The third-order valence-electron chi connectivity index (χ3n) is 4.47. The first-order valence-corrected chi connectivity index (χ1v) is 7.32. The maximum atomic E-state index is 14.0. The third kappa shape index (κ3) is 1.96. The molecule has 106 valence electrons. The van der Waals surface area contributed by atoms with Crippen molar-refractivity contribution in [3.63, 3.8) is 0 Å². The summed E-state index contributed by atoms with van der Waals surface area (Å²) >= 11 is 5.82. The Bertz CT molecular complexity index is 651. The first-order valence-electron chi connectivity index (χ1n) is 6.94. The van der Waals surface area contributed by atoms with E-state index in [1.165, 1.54) is 32.0 Å². The van der Waals surface area contributed by atoms with Crippen LogP contribution in [0.3, 0.4) is 0 Å². The second-order valence-electron chi connectivity index (χ2n) is 5.68. The van der Waals surface area contributed by atoms with Crippen molar-refractivity contribution in [3.05, 3.63) is 23.0 Å². The first-order chi connectivity index (χ1) is 9.70. The highest BCUT2D eigenvalue weighted by Crippen LogP contribution is 2.33. The molecule has 1 N–H and O–H groups in total. The summed E-state index contributed by atoms with van der Waals surface area (Å²) in [5.74, 6) is 0.743. The van der Waals surface area contributed by atoms with E-state index in [0.717, 1.165) is 6.54 Å². The number of nitrogens with one attached hydrogen (secondary N) is 1. The Morgan fingerprint density at radius 1 is 1.35 bits per heavy atom. The lowest BCUT2D eigenvalue weighted by atomic mass is 9.84. The summed E-state index contributed by atoms with van der Waals surface area (Å²) < 4.78 is 19.2. The lowest BCUT2D eigenvalue weighted by molar-refractivity contribution is 0.0973. The highest BCUT2D eigenvalue weighted by molar-refractivity contribution is 6.31. The van der Waals surface area contributed by atoms with Crippen molar-refractivity contribution in [2.24, 2.45) is 5.92 Å². The molecule has 0 spiro atoms. The molecule has 20 heavy (non-hydrogen) atoms. The number of hydrogen-bond acceptors (Lipinski definition) is 4. The highest BCUT2D eigenvalue weighted by atomic mass is 35.5. The van der Waals surface area contributed by atoms with Crippen LogP contribution in [0.2, 0.25) is 5.02 Å². The molecular weight excluding hydrogens is 281 g/mol. The summed E-state index contributed by atoms with van der Waals surface area (Å²) in [6, 6.07) is 3.21. The standard InChI is InChI=1S/C14H15ClFN3O/c15-9-5-10(16)13-12(6-9)20-18-14(13)17-11-7-19-3-1-8(11)2-4-19/h5-6,8,11H,1-4,7H2,(H,17,18)/t11-/m1/s1. The average Bonchev–Trinajstić information content (AvgIpc) is 2.83. The molecule has 2 bridgehead atoms. The number of hydrogen-bond donors (Lipinski definition) is 1. The second-order valence-corrected chi connectivity index (χ2v) is 6.12. The van der Waals surface area contributed by atoms with Crippen molar-refractivity contribution in [1.82, 2.24) is 10.1 Å². The van der Waals surface area contributed by atoms with E-state index >= 15 is 0 Å². The zero-order chi connectivity index (χ0) is 13.7. The molecule has 3 aliphatic heterocycles. The van der Waals surface area contributed by atoms with Crippen molar-refractivity contribution in [1.29, 1.82) is 0 Å². The molecule has 1 aromatic heterocycles. The Morgan fingerprint density at radius 2 is 2.15 bits per heavy atom. The van der Waals surface area contributed by atoms with Gasteiger partial charge in [-0.3, -0.25) is 0 Å². The third-order valence-corrected chi connectivity index (χ3v) is 4.69. The van der Waals surface area contributed by atoms with Gasteiger partial charge in [0.05, 0.1) is 0 Å². The molecule has 6 heteroatoms. The maximum Gasteiger partial charge on any atom is 0.180 e. The molecule has 0 aliphatic carbocycles. The Labute approximate surface area is 120 Å². The van der Waals surface area contributed by atoms with Crippen molar-refractivity contribution >= 4 is 28.4 Å². The van der Waals surface area contributed by atoms with Crippen LogP contribution in [0.15, 0.2) is 16.7 Å². The van der Waals surface area contributed by atoms with Gasteiger partial charge in [-0.2, -0.15) is 0 Å². The van der Waals surface area contributed by atoms with Crippen molar-refractivity contribution in [3.8, 4) is 0 Å². The van der Waals surface area contributed by atoms with Gasteiger partial charge < -0.3 is 14.7 Å². The normalized spacial score (nSPS) is 29.0. The Morgan fingerprint density at radius 3 is 2.85 bits per heavy atom. The molecule has 4 heterocycles. The summed E-state index contributed by atoms with van der Waals surface area (Å²) in [6.45, 7) is 3.34. The van der Waals surface area contributed by atoms with Gasteiger partial charge in [0.2, 0.25) is 0 Å². The molecular formula is C14H15ClFN3O. The summed E-state index contributed by atoms with van der Waals surface area (Å²) in [5, 5.41) is 8.05. The van der Waals surface area contributed by atoms with Crippen molar-refractivity contribution in [2.45, 2.75) is 18.9 Å². The minimum atomic E-state index is -0.391. The topological polar surface area (TPSA) is 41.3 Å². The van der Waals surface area contributed by atoms with E-state index in [1.807, 2.05) is 0 Å². The Hall–Kier alpha value is -1.33. The molecule has 3 fully saturated rings. The lowest BCUT2D eigenvalue weighted by Crippen LogP contribution is -2.53. The maximum absolute atomic E-state index is 14.0. The van der Waals surface area contributed by atoms with Gasteiger partial charge in [-0.1, -0.05) is 16.8 Å². The van der Waals surface area contributed by atoms with Gasteiger partial charge in [-0.15, -0.1) is 0 Å². The van der Waals surface area contributed by atoms with E-state index in [9.17, 15) is 4.39 Å². The van der Waals surface area contributed by atoms with E-state index in [0.29, 0.717) is 33.8 Å². The monoisotopic (exact) mass is 295 g/mol. The summed E-state index contributed by atoms with van der Waals surface area (Å²) in [4.78, 5) is 2.44. The van der Waals surface area contributed by atoms with Crippen LogP contribution < -0.4 is 5.32 Å². The largest absolute Gasteiger partial charge is 0.362 e. The van der Waals surface area contributed by atoms with E-state index in [2.05, 4.69) is 15.4 Å². The average molecular weight is 296 g/mol. The minimum absolute atomic E-state index is 0.320. The van der Waals surface area contributed by atoms with Gasteiger partial charge in [-0.25, -0.2) is 4.39 Å². The number of rotatable bonds is 2. The molecule has 0 saturated carbocycles. The van der Waals surface area contributed by atoms with Gasteiger partial charge in [-0.05, 0) is 37.9 Å². The van der Waals surface area contributed by atoms with E-state index < -0.39 is 5.82 Å². The molecule has 3 saturated heterocycles. The quantitative estimate of drug-likeness (QED) is 0.924. The van der Waals surface area contributed by atoms with E-state index in [4.69, 9.17) is 16.1 Å². The SMILES string of the molecule is Fc1cc(Cl)cc2onc(N[C@@H]3CN4CCC3CC4)c12. The molecule has 5 rings (SSSR count). The van der Waals surface area contributed by atoms with Crippen LogP contribution in [0, 0.1) is 11.7 Å². The summed E-state index contributed by atoms with van der Waals surface area (Å²) in [6.07, 6.45) is 2.39. The lowest BCUT2D eigenvalue weighted by Gasteiger charge is -2.44. The number of piperidine rings is 3. The fraction of sp³-hybridized carbons (Fsp3) is 0.500. The number of anilines is 1. The van der Waals surface area contributed by atoms with Crippen LogP contribution in [-0.4, -0.2) is 35.7 Å². The predicted octanol–water partition coefficient (Wildman–Crippen LogP) is 3.13. The number of halogens is 2. The first kappa shape index (κ1) is 12.4. The molecule has 0 unspecified atom stereocenters. The number of fused-ring (bicyclic) bond motifs is 4. The van der Waals surface area contributed by atoms with Crippen molar-refractivity contribution < 1.29 is 8.91 Å². The zero-order valence-electron chi connectivity index (χ0n) is 10.9. The van der Waals surface area contributed by atoms with Crippen LogP contribution in [0.4, 0.5) is 10.2 Å². The molecule has 1 atom stereocenters. The van der Waals surface area contributed by atoms with Crippen LogP contribution in [0.5, 0.6) is 0 Å². The zero-order valence-corrected chi connectivity index (χ0v) is 11.7. The van der Waals surface area contributed by atoms with Crippen LogP contribution >= 0.6 is 11.6 Å². The van der Waals surface area contributed by atoms with Gasteiger partial charge in [0.25, 0.3) is 0 Å². The van der Waals surface area contributed by atoms with E-state index in [-0.39, 0.29) is 0 Å². The Kier molecular flexibility index (Phi) is 2.86. The van der Waals surface area contributed by atoms with E-state index in [1.54, 1.807) is 6.07 Å². The van der Waals surface area contributed by atoms with Crippen LogP contribution in [0.1, 0.15) is 12.8 Å². The fourth-order valence-electron chi connectivity index (χ4n) is 3.40. The predicted molar refractivity (Wildman–Crippen MR) is 75.6 cm³/mol. The smallest absolute Gasteiger partial charge is 0.180 e. The molecule has 1 aromatic carbocycles. The second kappa shape index (κ2) is 4.60. The van der Waals surface area contributed by atoms with Gasteiger partial charge >= 0.3 is 0 Å². The molecule has 0 amide bonds. The van der Waals surface area contributed by atoms with Gasteiger partial charge in [0, 0.05) is 23.7 Å².